The van der Waals surface area contributed by atoms with Crippen LogP contribution in [-0.4, -0.2) is 45.4 Å². The standard InChI is InChI=1S/C25H25N3O4S/c1-4-25(31)17-9-19-21-15(11-28(19)23(29)16(17)12-32-24(25)30)14-7-8-33-22-13(10-27(2)3)5-6-18(26-21)20(14)22/h5-6,9,31H,4,7-8,10-12H2,1-3H3. The first kappa shape index (κ1) is 20.9. The van der Waals surface area contributed by atoms with Gasteiger partial charge in [-0.15, -0.1) is 11.8 Å². The molecule has 0 spiro atoms. The summed E-state index contributed by atoms with van der Waals surface area (Å²) in [7, 11) is 4.14. The highest BCUT2D eigenvalue weighted by atomic mass is 32.2. The van der Waals surface area contributed by atoms with Crippen LogP contribution in [0.15, 0.2) is 27.9 Å². The Labute approximate surface area is 195 Å². The zero-order valence-electron chi connectivity index (χ0n) is 18.9. The van der Waals surface area contributed by atoms with E-state index in [-0.39, 0.29) is 18.6 Å². The van der Waals surface area contributed by atoms with Crippen LogP contribution in [0.1, 0.15) is 41.2 Å². The second kappa shape index (κ2) is 7.16. The molecule has 2 aromatic heterocycles. The Morgan fingerprint density at radius 3 is 2.82 bits per heavy atom. The zero-order chi connectivity index (χ0) is 23.1. The summed E-state index contributed by atoms with van der Waals surface area (Å²) in [6, 6.07) is 6.02. The largest absolute Gasteiger partial charge is 0.458 e. The molecule has 1 atom stereocenters. The van der Waals surface area contributed by atoms with Gasteiger partial charge in [-0.2, -0.15) is 0 Å². The van der Waals surface area contributed by atoms with Crippen molar-refractivity contribution in [3.05, 3.63) is 56.4 Å². The Kier molecular flexibility index (Phi) is 4.53. The number of hydrogen-bond donors (Lipinski definition) is 1. The summed E-state index contributed by atoms with van der Waals surface area (Å²) in [5.41, 5.74) is 4.73. The summed E-state index contributed by atoms with van der Waals surface area (Å²) in [4.78, 5) is 34.3. The van der Waals surface area contributed by atoms with Crippen LogP contribution < -0.4 is 5.56 Å². The van der Waals surface area contributed by atoms with E-state index in [2.05, 4.69) is 31.1 Å². The molecule has 7 nitrogen and oxygen atoms in total. The van der Waals surface area contributed by atoms with Crippen LogP contribution in [0.25, 0.3) is 22.3 Å². The second-order valence-corrected chi connectivity index (χ2v) is 10.4. The molecule has 6 rings (SSSR count). The number of pyridine rings is 2. The number of aromatic nitrogens is 2. The van der Waals surface area contributed by atoms with E-state index in [9.17, 15) is 14.7 Å². The number of aliphatic hydroxyl groups is 1. The molecular weight excluding hydrogens is 438 g/mol. The van der Waals surface area contributed by atoms with Gasteiger partial charge < -0.3 is 19.3 Å². The average Bonchev–Trinajstić information content (AvgIpc) is 3.17. The Balaban J connectivity index is 1.61. The lowest BCUT2D eigenvalue weighted by Gasteiger charge is -2.31. The van der Waals surface area contributed by atoms with Crippen molar-refractivity contribution in [1.29, 1.82) is 0 Å². The van der Waals surface area contributed by atoms with E-state index in [1.807, 2.05) is 11.8 Å². The first-order valence-corrected chi connectivity index (χ1v) is 12.2. The predicted octanol–water partition coefficient (Wildman–Crippen LogP) is 2.79. The van der Waals surface area contributed by atoms with Gasteiger partial charge in [0, 0.05) is 33.7 Å². The van der Waals surface area contributed by atoms with Gasteiger partial charge in [0.15, 0.2) is 5.60 Å². The van der Waals surface area contributed by atoms with Gasteiger partial charge in [0.25, 0.3) is 5.56 Å². The minimum atomic E-state index is -1.80. The maximum absolute atomic E-state index is 13.5. The monoisotopic (exact) mass is 463 g/mol. The molecule has 5 heterocycles. The average molecular weight is 464 g/mol. The van der Waals surface area contributed by atoms with Crippen LogP contribution in [-0.2, 0) is 41.2 Å². The molecule has 0 saturated heterocycles. The van der Waals surface area contributed by atoms with Crippen molar-refractivity contribution in [2.45, 2.75) is 50.0 Å². The van der Waals surface area contributed by atoms with Crippen molar-refractivity contribution in [2.24, 2.45) is 0 Å². The molecule has 170 valence electrons. The molecule has 0 fully saturated rings. The lowest BCUT2D eigenvalue weighted by Crippen LogP contribution is -2.44. The first-order valence-electron chi connectivity index (χ1n) is 11.3. The molecule has 0 amide bonds. The topological polar surface area (TPSA) is 84.7 Å². The number of aryl methyl sites for hydroxylation is 1. The smallest absolute Gasteiger partial charge is 0.343 e. The molecule has 8 heteroatoms. The molecule has 1 unspecified atom stereocenters. The van der Waals surface area contributed by atoms with Gasteiger partial charge in [-0.1, -0.05) is 13.0 Å². The van der Waals surface area contributed by atoms with Gasteiger partial charge >= 0.3 is 5.97 Å². The Morgan fingerprint density at radius 2 is 2.06 bits per heavy atom. The lowest BCUT2D eigenvalue weighted by molar-refractivity contribution is -0.172. The quantitative estimate of drug-likeness (QED) is 0.468. The number of carbonyl (C=O) groups is 1. The van der Waals surface area contributed by atoms with E-state index >= 15 is 0 Å². The van der Waals surface area contributed by atoms with Crippen molar-refractivity contribution in [2.75, 3.05) is 19.8 Å². The highest BCUT2D eigenvalue weighted by Gasteiger charge is 2.45. The lowest BCUT2D eigenvalue weighted by atomic mass is 9.86. The van der Waals surface area contributed by atoms with Crippen molar-refractivity contribution in [1.82, 2.24) is 14.5 Å². The fourth-order valence-electron chi connectivity index (χ4n) is 5.44. The molecule has 0 aliphatic carbocycles. The van der Waals surface area contributed by atoms with Crippen molar-refractivity contribution >= 4 is 28.6 Å². The van der Waals surface area contributed by atoms with Crippen LogP contribution in [0, 0.1) is 0 Å². The van der Waals surface area contributed by atoms with E-state index in [1.54, 1.807) is 17.6 Å². The molecule has 1 aromatic carbocycles. The molecule has 0 bridgehead atoms. The minimum Gasteiger partial charge on any atom is -0.458 e. The number of carbonyl (C=O) groups excluding carboxylic acids is 1. The molecule has 0 radical (unpaired) electrons. The molecular formula is C25H25N3O4S. The number of benzene rings is 1. The highest BCUT2D eigenvalue weighted by Crippen LogP contribution is 2.45. The van der Waals surface area contributed by atoms with Gasteiger partial charge in [0.2, 0.25) is 0 Å². The van der Waals surface area contributed by atoms with Gasteiger partial charge in [-0.3, -0.25) is 4.79 Å². The van der Waals surface area contributed by atoms with Crippen LogP contribution >= 0.6 is 11.8 Å². The number of ether oxygens (including phenoxy) is 1. The first-order chi connectivity index (χ1) is 15.8. The van der Waals surface area contributed by atoms with E-state index in [4.69, 9.17) is 9.72 Å². The second-order valence-electron chi connectivity index (χ2n) is 9.30. The number of fused-ring (bicyclic) bond motifs is 5. The molecule has 3 aromatic rings. The third-order valence-electron chi connectivity index (χ3n) is 7.09. The minimum absolute atomic E-state index is 0.108. The summed E-state index contributed by atoms with van der Waals surface area (Å²) >= 11 is 1.88. The van der Waals surface area contributed by atoms with E-state index in [0.29, 0.717) is 23.4 Å². The maximum Gasteiger partial charge on any atom is 0.343 e. The number of rotatable bonds is 3. The van der Waals surface area contributed by atoms with Crippen molar-refractivity contribution in [3.8, 4) is 11.4 Å². The van der Waals surface area contributed by atoms with Crippen LogP contribution in [0.3, 0.4) is 0 Å². The summed E-state index contributed by atoms with van der Waals surface area (Å²) in [5, 5.41) is 12.3. The molecule has 33 heavy (non-hydrogen) atoms. The SMILES string of the molecule is CCC1(O)C(=O)OCc2c1cc1n(c2=O)Cc2c-1nc1ccc(CN(C)C)c3c1c2CCS3. The van der Waals surface area contributed by atoms with Gasteiger partial charge in [0.1, 0.15) is 6.61 Å². The maximum atomic E-state index is 13.5. The number of esters is 1. The van der Waals surface area contributed by atoms with Gasteiger partial charge in [0.05, 0.1) is 29.0 Å². The Hall–Kier alpha value is -2.68. The van der Waals surface area contributed by atoms with Gasteiger partial charge in [-0.25, -0.2) is 9.78 Å². The zero-order valence-corrected chi connectivity index (χ0v) is 19.7. The van der Waals surface area contributed by atoms with E-state index in [1.165, 1.54) is 21.4 Å². The number of cyclic esters (lactones) is 1. The number of hydrogen-bond acceptors (Lipinski definition) is 7. The predicted molar refractivity (Wildman–Crippen MR) is 126 cm³/mol. The fraction of sp³-hybridized carbons (Fsp3) is 0.400. The van der Waals surface area contributed by atoms with Crippen LogP contribution in [0.2, 0.25) is 0 Å². The summed E-state index contributed by atoms with van der Waals surface area (Å²) < 4.78 is 6.91. The van der Waals surface area contributed by atoms with Crippen molar-refractivity contribution in [3.63, 3.8) is 0 Å². The highest BCUT2D eigenvalue weighted by molar-refractivity contribution is 7.99. The number of nitrogens with zero attached hydrogens (tertiary/aromatic N) is 3. The third kappa shape index (κ3) is 2.81. The number of thioether (sulfide) groups is 1. The van der Waals surface area contributed by atoms with Crippen molar-refractivity contribution < 1.29 is 14.6 Å². The molecule has 1 N–H and O–H groups in total. The Morgan fingerprint density at radius 1 is 1.24 bits per heavy atom. The van der Waals surface area contributed by atoms with Gasteiger partial charge in [-0.05, 0) is 50.2 Å². The van der Waals surface area contributed by atoms with E-state index < -0.39 is 11.6 Å². The molecule has 3 aliphatic rings. The van der Waals surface area contributed by atoms with Crippen LogP contribution in [0.4, 0.5) is 0 Å². The van der Waals surface area contributed by atoms with E-state index in [0.717, 1.165) is 35.5 Å². The molecule has 0 saturated carbocycles. The fourth-order valence-corrected chi connectivity index (χ4v) is 6.64. The Bertz CT molecular complexity index is 1430. The summed E-state index contributed by atoms with van der Waals surface area (Å²) in [6.07, 6.45) is 1.06. The van der Waals surface area contributed by atoms with Crippen LogP contribution in [0.5, 0.6) is 0 Å². The molecule has 3 aliphatic heterocycles. The summed E-state index contributed by atoms with van der Waals surface area (Å²) in [5.74, 6) is 0.291. The third-order valence-corrected chi connectivity index (χ3v) is 8.25. The summed E-state index contributed by atoms with van der Waals surface area (Å²) in [6.45, 7) is 2.93. The normalized spacial score (nSPS) is 20.6.